The van der Waals surface area contributed by atoms with Crippen LogP contribution in [0.5, 0.6) is 0 Å². The van der Waals surface area contributed by atoms with Gasteiger partial charge in [-0.15, -0.1) is 0 Å². The highest BCUT2D eigenvalue weighted by molar-refractivity contribution is 7.98. The fourth-order valence-corrected chi connectivity index (χ4v) is 3.73. The molecule has 0 fully saturated rings. The largest absolute Gasteiger partial charge is 0.405 e. The summed E-state index contributed by atoms with van der Waals surface area (Å²) in [5.74, 6) is 0.0525. The molecule has 32 heavy (non-hydrogen) atoms. The molecule has 3 rings (SSSR count). The second-order valence-corrected chi connectivity index (χ2v) is 8.10. The Morgan fingerprint density at radius 3 is 2.47 bits per heavy atom. The van der Waals surface area contributed by atoms with E-state index in [9.17, 15) is 22.8 Å². The van der Waals surface area contributed by atoms with Gasteiger partial charge in [-0.25, -0.2) is 4.98 Å². The quantitative estimate of drug-likeness (QED) is 0.503. The molecule has 6 nitrogen and oxygen atoms in total. The normalized spacial score (nSPS) is 12.5. The first-order chi connectivity index (χ1) is 15.3. The lowest BCUT2D eigenvalue weighted by molar-refractivity contribution is -0.138. The van der Waals surface area contributed by atoms with Crippen LogP contribution < -0.4 is 10.6 Å². The summed E-state index contributed by atoms with van der Waals surface area (Å²) < 4.78 is 39.1. The predicted octanol–water partition coefficient (Wildman–Crippen LogP) is 3.94. The van der Waals surface area contributed by atoms with Crippen molar-refractivity contribution in [1.82, 2.24) is 20.2 Å². The Labute approximate surface area is 187 Å². The number of rotatable bonds is 9. The number of hydrogen-bond donors (Lipinski definition) is 2. The van der Waals surface area contributed by atoms with Gasteiger partial charge in [-0.05, 0) is 42.7 Å². The van der Waals surface area contributed by atoms with Crippen molar-refractivity contribution in [3.05, 3.63) is 66.0 Å². The molecular weight excluding hydrogens is 441 g/mol. The number of imidazole rings is 1. The summed E-state index contributed by atoms with van der Waals surface area (Å²) in [6.45, 7) is -1.75. The molecule has 0 spiro atoms. The molecule has 0 saturated carbocycles. The summed E-state index contributed by atoms with van der Waals surface area (Å²) >= 11 is 1.59. The van der Waals surface area contributed by atoms with Gasteiger partial charge in [0.05, 0.1) is 17.1 Å². The summed E-state index contributed by atoms with van der Waals surface area (Å²) in [6, 6.07) is 15.2. The molecule has 0 bridgehead atoms. The maximum absolute atomic E-state index is 12.8. The van der Waals surface area contributed by atoms with Gasteiger partial charge in [-0.1, -0.05) is 30.3 Å². The molecule has 0 radical (unpaired) electrons. The number of amides is 2. The average Bonchev–Trinajstić information content (AvgIpc) is 3.13. The molecule has 0 aliphatic carbocycles. The number of nitrogens with zero attached hydrogens (tertiary/aromatic N) is 2. The molecule has 3 aromatic rings. The molecule has 1 atom stereocenters. The molecule has 10 heteroatoms. The predicted molar refractivity (Wildman–Crippen MR) is 118 cm³/mol. The Morgan fingerprint density at radius 1 is 1.09 bits per heavy atom. The van der Waals surface area contributed by atoms with Crippen molar-refractivity contribution in [2.45, 2.75) is 25.2 Å². The number of aromatic nitrogens is 2. The number of carbonyl (C=O) groups is 2. The van der Waals surface area contributed by atoms with E-state index in [1.54, 1.807) is 70.9 Å². The standard InChI is InChI=1S/C22H23F3N4O2S/c1-32-12-11-17(28-21(31)15-7-3-2-4-8-15)20-27-16-9-5-6-10-18(16)29(20)13-19(30)26-14-22(23,24)25/h2-10,17H,11-14H2,1H3,(H,26,30)(H,28,31)/t17-/m0/s1. The molecular formula is C22H23F3N4O2S. The van der Waals surface area contributed by atoms with Crippen LogP contribution in [0.4, 0.5) is 13.2 Å². The Bertz CT molecular complexity index is 1070. The highest BCUT2D eigenvalue weighted by Gasteiger charge is 2.28. The summed E-state index contributed by atoms with van der Waals surface area (Å²) in [5.41, 5.74) is 1.68. The van der Waals surface area contributed by atoms with Crippen LogP contribution >= 0.6 is 11.8 Å². The van der Waals surface area contributed by atoms with Crippen LogP contribution in [0.15, 0.2) is 54.6 Å². The lowest BCUT2D eigenvalue weighted by Gasteiger charge is -2.20. The fourth-order valence-electron chi connectivity index (χ4n) is 3.26. The number of benzene rings is 2. The van der Waals surface area contributed by atoms with Gasteiger partial charge in [-0.3, -0.25) is 9.59 Å². The van der Waals surface area contributed by atoms with Crippen molar-refractivity contribution in [1.29, 1.82) is 0 Å². The van der Waals surface area contributed by atoms with E-state index in [2.05, 4.69) is 10.3 Å². The number of thioether (sulfide) groups is 1. The maximum atomic E-state index is 12.8. The van der Waals surface area contributed by atoms with Gasteiger partial charge in [0.2, 0.25) is 5.91 Å². The molecule has 1 aromatic heterocycles. The Balaban J connectivity index is 1.92. The van der Waals surface area contributed by atoms with Crippen molar-refractivity contribution >= 4 is 34.6 Å². The fraction of sp³-hybridized carbons (Fsp3) is 0.318. The minimum absolute atomic E-state index is 0.295. The summed E-state index contributed by atoms with van der Waals surface area (Å²) in [4.78, 5) is 29.7. The van der Waals surface area contributed by atoms with E-state index in [0.29, 0.717) is 34.6 Å². The van der Waals surface area contributed by atoms with Crippen LogP contribution in [-0.2, 0) is 11.3 Å². The third-order valence-corrected chi connectivity index (χ3v) is 5.38. The first-order valence-corrected chi connectivity index (χ1v) is 11.3. The number of hydrogen-bond acceptors (Lipinski definition) is 4. The van der Waals surface area contributed by atoms with Crippen molar-refractivity contribution in [3.63, 3.8) is 0 Å². The average molecular weight is 465 g/mol. The topological polar surface area (TPSA) is 76.0 Å². The van der Waals surface area contributed by atoms with E-state index in [1.165, 1.54) is 0 Å². The first-order valence-electron chi connectivity index (χ1n) is 9.92. The number of nitrogens with one attached hydrogen (secondary N) is 2. The van der Waals surface area contributed by atoms with Gasteiger partial charge in [0.1, 0.15) is 18.9 Å². The van der Waals surface area contributed by atoms with Gasteiger partial charge in [-0.2, -0.15) is 24.9 Å². The zero-order chi connectivity index (χ0) is 23.1. The number of halogens is 3. The molecule has 0 unspecified atom stereocenters. The van der Waals surface area contributed by atoms with Crippen molar-refractivity contribution in [2.75, 3.05) is 18.6 Å². The van der Waals surface area contributed by atoms with E-state index in [1.807, 2.05) is 11.6 Å². The van der Waals surface area contributed by atoms with Crippen LogP contribution in [0, 0.1) is 0 Å². The summed E-state index contributed by atoms with van der Waals surface area (Å²) in [6.07, 6.45) is -2.03. The van der Waals surface area contributed by atoms with Crippen molar-refractivity contribution in [2.24, 2.45) is 0 Å². The smallest absolute Gasteiger partial charge is 0.345 e. The van der Waals surface area contributed by atoms with E-state index in [-0.39, 0.29) is 12.5 Å². The molecule has 2 aromatic carbocycles. The summed E-state index contributed by atoms with van der Waals surface area (Å²) in [7, 11) is 0. The highest BCUT2D eigenvalue weighted by atomic mass is 32.2. The number of fused-ring (bicyclic) bond motifs is 1. The molecule has 0 aliphatic heterocycles. The number of alkyl halides is 3. The molecule has 0 saturated heterocycles. The van der Waals surface area contributed by atoms with Gasteiger partial charge in [0.25, 0.3) is 5.91 Å². The molecule has 170 valence electrons. The second-order valence-electron chi connectivity index (χ2n) is 7.11. The Hall–Kier alpha value is -3.01. The van der Waals surface area contributed by atoms with Crippen molar-refractivity contribution in [3.8, 4) is 0 Å². The monoisotopic (exact) mass is 464 g/mol. The van der Waals surface area contributed by atoms with Gasteiger partial charge >= 0.3 is 6.18 Å². The second kappa shape index (κ2) is 10.5. The number of carbonyl (C=O) groups excluding carboxylic acids is 2. The van der Waals surface area contributed by atoms with Crippen LogP contribution in [0.25, 0.3) is 11.0 Å². The van der Waals surface area contributed by atoms with E-state index < -0.39 is 24.7 Å². The molecule has 1 heterocycles. The SMILES string of the molecule is CSCC[C@H](NC(=O)c1ccccc1)c1nc2ccccc2n1CC(=O)NCC(F)(F)F. The maximum Gasteiger partial charge on any atom is 0.405 e. The van der Waals surface area contributed by atoms with Gasteiger partial charge in [0.15, 0.2) is 0 Å². The van der Waals surface area contributed by atoms with Crippen LogP contribution in [-0.4, -0.2) is 46.1 Å². The highest BCUT2D eigenvalue weighted by Crippen LogP contribution is 2.25. The third-order valence-electron chi connectivity index (χ3n) is 4.74. The molecule has 2 amide bonds. The third kappa shape index (κ3) is 6.25. The van der Waals surface area contributed by atoms with Crippen LogP contribution in [0.3, 0.4) is 0 Å². The zero-order valence-electron chi connectivity index (χ0n) is 17.4. The van der Waals surface area contributed by atoms with Crippen LogP contribution in [0.2, 0.25) is 0 Å². The molecule has 0 aliphatic rings. The zero-order valence-corrected chi connectivity index (χ0v) is 18.2. The Kier molecular flexibility index (Phi) is 7.79. The number of para-hydroxylation sites is 2. The Morgan fingerprint density at radius 2 is 1.78 bits per heavy atom. The van der Waals surface area contributed by atoms with Gasteiger partial charge in [0, 0.05) is 5.56 Å². The minimum atomic E-state index is -4.50. The van der Waals surface area contributed by atoms with Gasteiger partial charge < -0.3 is 15.2 Å². The van der Waals surface area contributed by atoms with E-state index in [4.69, 9.17) is 0 Å². The first kappa shape index (κ1) is 23.6. The lowest BCUT2D eigenvalue weighted by atomic mass is 10.1. The van der Waals surface area contributed by atoms with E-state index in [0.717, 1.165) is 0 Å². The lowest BCUT2D eigenvalue weighted by Crippen LogP contribution is -2.37. The van der Waals surface area contributed by atoms with E-state index >= 15 is 0 Å². The summed E-state index contributed by atoms with van der Waals surface area (Å²) in [5, 5.41) is 4.87. The minimum Gasteiger partial charge on any atom is -0.345 e. The van der Waals surface area contributed by atoms with Crippen LogP contribution in [0.1, 0.15) is 28.6 Å². The molecule has 2 N–H and O–H groups in total. The van der Waals surface area contributed by atoms with Crippen molar-refractivity contribution < 1.29 is 22.8 Å².